The molecule has 6 nitrogen and oxygen atoms in total. The molecule has 1 unspecified atom stereocenters. The van der Waals surface area contributed by atoms with E-state index in [4.69, 9.17) is 16.3 Å². The Balaban J connectivity index is 0.00000210. The Hall–Kier alpha value is -2.28. The van der Waals surface area contributed by atoms with Crippen LogP contribution in [0.4, 0.5) is 5.69 Å². The van der Waals surface area contributed by atoms with Crippen molar-refractivity contribution in [2.75, 3.05) is 31.6 Å². The number of halogens is 2. The molecule has 27 heavy (non-hydrogen) atoms. The van der Waals surface area contributed by atoms with Crippen molar-refractivity contribution < 1.29 is 14.3 Å². The first kappa shape index (κ1) is 19.5. The van der Waals surface area contributed by atoms with Crippen molar-refractivity contribution in [3.05, 3.63) is 58.6 Å². The molecule has 2 aliphatic heterocycles. The fourth-order valence-corrected chi connectivity index (χ4v) is 3.67. The molecule has 2 aromatic rings. The third-order valence-corrected chi connectivity index (χ3v) is 4.98. The molecular weight excluding hydrogens is 389 g/mol. The van der Waals surface area contributed by atoms with Gasteiger partial charge in [-0.15, -0.1) is 12.4 Å². The van der Waals surface area contributed by atoms with Gasteiger partial charge in [0.05, 0.1) is 17.3 Å². The molecule has 142 valence electrons. The van der Waals surface area contributed by atoms with Crippen molar-refractivity contribution >= 4 is 41.5 Å². The molecule has 0 bridgehead atoms. The van der Waals surface area contributed by atoms with Crippen molar-refractivity contribution in [1.29, 1.82) is 0 Å². The van der Waals surface area contributed by atoms with Crippen molar-refractivity contribution in [1.82, 2.24) is 10.2 Å². The maximum atomic E-state index is 13.3. The van der Waals surface area contributed by atoms with E-state index >= 15 is 0 Å². The van der Waals surface area contributed by atoms with Crippen LogP contribution in [0.15, 0.2) is 42.5 Å². The molecule has 1 saturated heterocycles. The number of fused-ring (bicyclic) bond motifs is 1. The Bertz CT molecular complexity index is 875. The van der Waals surface area contributed by atoms with Gasteiger partial charge in [0.25, 0.3) is 11.8 Å². The van der Waals surface area contributed by atoms with Crippen LogP contribution in [-0.4, -0.2) is 43.0 Å². The summed E-state index contributed by atoms with van der Waals surface area (Å²) in [6, 6.07) is 12.6. The Kier molecular flexibility index (Phi) is 5.89. The van der Waals surface area contributed by atoms with Crippen LogP contribution < -0.4 is 15.4 Å². The zero-order valence-electron chi connectivity index (χ0n) is 14.4. The molecule has 8 heteroatoms. The zero-order chi connectivity index (χ0) is 18.1. The average Bonchev–Trinajstić information content (AvgIpc) is 2.67. The zero-order valence-corrected chi connectivity index (χ0v) is 16.0. The van der Waals surface area contributed by atoms with E-state index < -0.39 is 0 Å². The van der Waals surface area contributed by atoms with Crippen LogP contribution in [-0.2, 0) is 4.79 Å². The Morgan fingerprint density at radius 3 is 2.81 bits per heavy atom. The molecule has 2 aromatic carbocycles. The molecule has 0 aliphatic carbocycles. The van der Waals surface area contributed by atoms with E-state index in [2.05, 4.69) is 10.6 Å². The van der Waals surface area contributed by atoms with Crippen molar-refractivity contribution in [2.45, 2.75) is 6.04 Å². The molecule has 0 radical (unpaired) electrons. The van der Waals surface area contributed by atoms with Crippen LogP contribution in [0.5, 0.6) is 5.75 Å². The normalized spacial score (nSPS) is 18.6. The van der Waals surface area contributed by atoms with Gasteiger partial charge in [-0.3, -0.25) is 9.59 Å². The molecule has 0 spiro atoms. The number of hydrogen-bond donors (Lipinski definition) is 2. The van der Waals surface area contributed by atoms with Crippen molar-refractivity contribution in [2.24, 2.45) is 0 Å². The number of piperazine rings is 1. The number of carbonyl (C=O) groups is 2. The third kappa shape index (κ3) is 3.74. The highest BCUT2D eigenvalue weighted by atomic mass is 35.5. The molecule has 1 atom stereocenters. The maximum absolute atomic E-state index is 13.3. The van der Waals surface area contributed by atoms with Gasteiger partial charge in [0.2, 0.25) is 0 Å². The van der Waals surface area contributed by atoms with Crippen LogP contribution in [0.1, 0.15) is 22.0 Å². The lowest BCUT2D eigenvalue weighted by molar-refractivity contribution is -0.118. The minimum Gasteiger partial charge on any atom is -0.481 e. The molecule has 0 saturated carbocycles. The Morgan fingerprint density at radius 1 is 1.19 bits per heavy atom. The molecule has 2 aliphatic rings. The second-order valence-electron chi connectivity index (χ2n) is 6.26. The first-order valence-electron chi connectivity index (χ1n) is 8.47. The standard InChI is InChI=1S/C19H18ClN3O3.ClH/c20-14-6-2-1-4-12(14)16-10-21-8-9-23(16)19(25)13-5-3-7-15-18(13)26-11-17(24)22-15;/h1-7,16,21H,8-11H2,(H,22,24);1H. The lowest BCUT2D eigenvalue weighted by Gasteiger charge is -2.37. The summed E-state index contributed by atoms with van der Waals surface area (Å²) >= 11 is 6.37. The summed E-state index contributed by atoms with van der Waals surface area (Å²) in [4.78, 5) is 26.7. The summed E-state index contributed by atoms with van der Waals surface area (Å²) in [5.41, 5.74) is 1.88. The van der Waals surface area contributed by atoms with E-state index in [0.29, 0.717) is 41.7 Å². The minimum absolute atomic E-state index is 0. The largest absolute Gasteiger partial charge is 0.481 e. The predicted octanol–water partition coefficient (Wildman–Crippen LogP) is 2.88. The number of para-hydroxylation sites is 1. The topological polar surface area (TPSA) is 70.7 Å². The second kappa shape index (κ2) is 8.17. The van der Waals surface area contributed by atoms with E-state index in [9.17, 15) is 9.59 Å². The number of anilines is 1. The monoisotopic (exact) mass is 407 g/mol. The van der Waals surface area contributed by atoms with Gasteiger partial charge in [-0.1, -0.05) is 35.9 Å². The smallest absolute Gasteiger partial charge is 0.262 e. The highest BCUT2D eigenvalue weighted by Crippen LogP contribution is 2.35. The highest BCUT2D eigenvalue weighted by molar-refractivity contribution is 6.31. The van der Waals surface area contributed by atoms with E-state index in [0.717, 1.165) is 5.56 Å². The summed E-state index contributed by atoms with van der Waals surface area (Å²) in [6.45, 7) is 1.80. The van der Waals surface area contributed by atoms with E-state index in [-0.39, 0.29) is 36.9 Å². The van der Waals surface area contributed by atoms with Gasteiger partial charge in [0, 0.05) is 24.7 Å². The fourth-order valence-electron chi connectivity index (χ4n) is 3.41. The van der Waals surface area contributed by atoms with E-state index in [1.807, 2.05) is 29.2 Å². The quantitative estimate of drug-likeness (QED) is 0.802. The fraction of sp³-hybridized carbons (Fsp3) is 0.263. The summed E-state index contributed by atoms with van der Waals surface area (Å²) in [7, 11) is 0. The average molecular weight is 408 g/mol. The lowest BCUT2D eigenvalue weighted by Crippen LogP contribution is -2.49. The van der Waals surface area contributed by atoms with Crippen LogP contribution >= 0.6 is 24.0 Å². The van der Waals surface area contributed by atoms with Gasteiger partial charge in [-0.2, -0.15) is 0 Å². The van der Waals surface area contributed by atoms with Crippen LogP contribution in [0.2, 0.25) is 5.02 Å². The van der Waals surface area contributed by atoms with Gasteiger partial charge in [0.15, 0.2) is 12.4 Å². The van der Waals surface area contributed by atoms with Crippen LogP contribution in [0, 0.1) is 0 Å². The van der Waals surface area contributed by atoms with Crippen molar-refractivity contribution in [3.8, 4) is 5.75 Å². The van der Waals surface area contributed by atoms with Crippen LogP contribution in [0.3, 0.4) is 0 Å². The SMILES string of the molecule is Cl.O=C1COc2c(cccc2C(=O)N2CCNCC2c2ccccc2Cl)N1. The number of hydrogen-bond acceptors (Lipinski definition) is 4. The van der Waals surface area contributed by atoms with Crippen LogP contribution in [0.25, 0.3) is 0 Å². The Labute approximate surface area is 168 Å². The van der Waals surface area contributed by atoms with Gasteiger partial charge in [0.1, 0.15) is 0 Å². The minimum atomic E-state index is -0.224. The van der Waals surface area contributed by atoms with E-state index in [1.165, 1.54) is 0 Å². The summed E-state index contributed by atoms with van der Waals surface area (Å²) in [5.74, 6) is 0.0659. The summed E-state index contributed by atoms with van der Waals surface area (Å²) in [5, 5.41) is 6.70. The molecule has 2 heterocycles. The number of rotatable bonds is 2. The van der Waals surface area contributed by atoms with Gasteiger partial charge in [-0.05, 0) is 23.8 Å². The molecule has 1 fully saturated rings. The number of ether oxygens (including phenoxy) is 1. The molecule has 0 aromatic heterocycles. The molecule has 2 N–H and O–H groups in total. The summed E-state index contributed by atoms with van der Waals surface area (Å²) in [6.07, 6.45) is 0. The first-order chi connectivity index (χ1) is 12.6. The van der Waals surface area contributed by atoms with Crippen molar-refractivity contribution in [3.63, 3.8) is 0 Å². The first-order valence-corrected chi connectivity index (χ1v) is 8.84. The molecule has 4 rings (SSSR count). The Morgan fingerprint density at radius 2 is 2.00 bits per heavy atom. The molecular formula is C19H19Cl2N3O3. The lowest BCUT2D eigenvalue weighted by atomic mass is 10.0. The highest BCUT2D eigenvalue weighted by Gasteiger charge is 2.32. The number of nitrogens with zero attached hydrogens (tertiary/aromatic N) is 1. The number of nitrogens with one attached hydrogen (secondary N) is 2. The van der Waals surface area contributed by atoms with Gasteiger partial charge in [-0.25, -0.2) is 0 Å². The number of benzene rings is 2. The maximum Gasteiger partial charge on any atom is 0.262 e. The van der Waals surface area contributed by atoms with Gasteiger partial charge >= 0.3 is 0 Å². The van der Waals surface area contributed by atoms with E-state index in [1.54, 1.807) is 18.2 Å². The summed E-state index contributed by atoms with van der Waals surface area (Å²) < 4.78 is 5.54. The predicted molar refractivity (Wildman–Crippen MR) is 106 cm³/mol. The number of amides is 2. The van der Waals surface area contributed by atoms with Gasteiger partial charge < -0.3 is 20.3 Å². The number of carbonyl (C=O) groups excluding carboxylic acids is 2. The molecule has 2 amide bonds. The third-order valence-electron chi connectivity index (χ3n) is 4.64. The second-order valence-corrected chi connectivity index (χ2v) is 6.67.